The van der Waals surface area contributed by atoms with Crippen LogP contribution in [0.4, 0.5) is 0 Å². The molecule has 0 aromatic rings. The van der Waals surface area contributed by atoms with Crippen LogP contribution in [-0.2, 0) is 4.74 Å². The zero-order valence-electron chi connectivity index (χ0n) is 10.3. The van der Waals surface area contributed by atoms with Crippen molar-refractivity contribution in [3.8, 4) is 0 Å². The van der Waals surface area contributed by atoms with Gasteiger partial charge in [0.1, 0.15) is 0 Å². The van der Waals surface area contributed by atoms with Gasteiger partial charge in [-0.3, -0.25) is 4.90 Å². The Balaban J connectivity index is 1.66. The lowest BCUT2D eigenvalue weighted by atomic mass is 9.99. The van der Waals surface area contributed by atoms with Crippen molar-refractivity contribution in [2.75, 3.05) is 53.0 Å². The van der Waals surface area contributed by atoms with Crippen molar-refractivity contribution < 1.29 is 9.84 Å². The van der Waals surface area contributed by atoms with Crippen LogP contribution in [0.3, 0.4) is 0 Å². The van der Waals surface area contributed by atoms with Crippen LogP contribution in [0.25, 0.3) is 0 Å². The highest BCUT2D eigenvalue weighted by atomic mass is 16.5. The Morgan fingerprint density at radius 1 is 1.19 bits per heavy atom. The fourth-order valence-electron chi connectivity index (χ4n) is 2.47. The van der Waals surface area contributed by atoms with Gasteiger partial charge in [-0.05, 0) is 19.9 Å². The zero-order chi connectivity index (χ0) is 11.4. The number of likely N-dealkylation sites (N-methyl/N-ethyl adjacent to an activating group) is 1. The lowest BCUT2D eigenvalue weighted by Crippen LogP contribution is -2.48. The van der Waals surface area contributed by atoms with E-state index >= 15 is 0 Å². The smallest absolute Gasteiger partial charge is 0.0702 e. The molecule has 2 saturated heterocycles. The third kappa shape index (κ3) is 3.42. The fourth-order valence-corrected chi connectivity index (χ4v) is 2.47. The molecule has 0 aromatic carbocycles. The second kappa shape index (κ2) is 5.96. The molecule has 2 aliphatic heterocycles. The molecule has 2 heterocycles. The highest BCUT2D eigenvalue weighted by molar-refractivity contribution is 4.76. The zero-order valence-corrected chi connectivity index (χ0v) is 10.3. The molecule has 2 fully saturated rings. The van der Waals surface area contributed by atoms with Gasteiger partial charge in [-0.15, -0.1) is 0 Å². The Kier molecular flexibility index (Phi) is 4.58. The minimum atomic E-state index is 0.279. The Labute approximate surface area is 98.2 Å². The largest absolute Gasteiger partial charge is 0.396 e. The summed E-state index contributed by atoms with van der Waals surface area (Å²) in [7, 11) is 2.18. The number of piperazine rings is 1. The monoisotopic (exact) mass is 228 g/mol. The van der Waals surface area contributed by atoms with E-state index in [0.717, 1.165) is 26.0 Å². The van der Waals surface area contributed by atoms with E-state index in [0.29, 0.717) is 12.0 Å². The minimum Gasteiger partial charge on any atom is -0.396 e. The summed E-state index contributed by atoms with van der Waals surface area (Å²) in [5.41, 5.74) is 0. The van der Waals surface area contributed by atoms with Crippen LogP contribution in [0.15, 0.2) is 0 Å². The maximum atomic E-state index is 9.03. The van der Waals surface area contributed by atoms with Gasteiger partial charge in [-0.1, -0.05) is 0 Å². The SMILES string of the molecule is CN1CCN(C[C@@H]2CC[C@@H](CO)CO2)CC1. The number of ether oxygens (including phenoxy) is 1. The van der Waals surface area contributed by atoms with E-state index in [1.165, 1.54) is 26.2 Å². The Morgan fingerprint density at radius 2 is 1.94 bits per heavy atom. The van der Waals surface area contributed by atoms with Crippen molar-refractivity contribution in [1.82, 2.24) is 9.80 Å². The average Bonchev–Trinajstić information content (AvgIpc) is 2.33. The molecular weight excluding hydrogens is 204 g/mol. The summed E-state index contributed by atoms with van der Waals surface area (Å²) in [6, 6.07) is 0. The summed E-state index contributed by atoms with van der Waals surface area (Å²) in [6.07, 6.45) is 2.62. The van der Waals surface area contributed by atoms with Crippen molar-refractivity contribution in [2.24, 2.45) is 5.92 Å². The summed E-state index contributed by atoms with van der Waals surface area (Å²) in [4.78, 5) is 4.88. The van der Waals surface area contributed by atoms with Gasteiger partial charge in [0.05, 0.1) is 12.7 Å². The molecule has 4 heteroatoms. The van der Waals surface area contributed by atoms with Gasteiger partial charge in [-0.25, -0.2) is 0 Å². The molecule has 2 atom stereocenters. The van der Waals surface area contributed by atoms with Gasteiger partial charge in [0.15, 0.2) is 0 Å². The summed E-state index contributed by atoms with van der Waals surface area (Å²) in [5, 5.41) is 9.03. The third-order valence-electron chi connectivity index (χ3n) is 3.78. The van der Waals surface area contributed by atoms with Gasteiger partial charge in [0.2, 0.25) is 0 Å². The maximum Gasteiger partial charge on any atom is 0.0702 e. The molecule has 0 amide bonds. The van der Waals surface area contributed by atoms with Gasteiger partial charge in [0.25, 0.3) is 0 Å². The fraction of sp³-hybridized carbons (Fsp3) is 1.00. The van der Waals surface area contributed by atoms with Crippen molar-refractivity contribution >= 4 is 0 Å². The molecule has 94 valence electrons. The van der Waals surface area contributed by atoms with Crippen molar-refractivity contribution in [2.45, 2.75) is 18.9 Å². The molecule has 4 nitrogen and oxygen atoms in total. The van der Waals surface area contributed by atoms with Gasteiger partial charge in [0, 0.05) is 45.2 Å². The Bertz CT molecular complexity index is 197. The molecular formula is C12H24N2O2. The van der Waals surface area contributed by atoms with Crippen molar-refractivity contribution in [3.63, 3.8) is 0 Å². The topological polar surface area (TPSA) is 35.9 Å². The van der Waals surface area contributed by atoms with E-state index in [1.54, 1.807) is 0 Å². The first-order valence-electron chi connectivity index (χ1n) is 6.41. The first-order chi connectivity index (χ1) is 7.78. The quantitative estimate of drug-likeness (QED) is 0.739. The maximum absolute atomic E-state index is 9.03. The molecule has 0 aromatic heterocycles. The van der Waals surface area contributed by atoms with E-state index in [9.17, 15) is 0 Å². The molecule has 2 aliphatic rings. The van der Waals surface area contributed by atoms with E-state index in [4.69, 9.17) is 9.84 Å². The average molecular weight is 228 g/mol. The first-order valence-corrected chi connectivity index (χ1v) is 6.41. The van der Waals surface area contributed by atoms with Crippen LogP contribution in [0, 0.1) is 5.92 Å². The molecule has 0 spiro atoms. The molecule has 0 radical (unpaired) electrons. The number of aliphatic hydroxyl groups is 1. The highest BCUT2D eigenvalue weighted by Crippen LogP contribution is 2.19. The van der Waals surface area contributed by atoms with Crippen LogP contribution >= 0.6 is 0 Å². The van der Waals surface area contributed by atoms with Gasteiger partial charge in [-0.2, -0.15) is 0 Å². The standard InChI is InChI=1S/C12H24N2O2/c1-13-4-6-14(7-5-13)8-12-3-2-11(9-15)10-16-12/h11-12,15H,2-10H2,1H3/t11-,12-/m0/s1. The number of rotatable bonds is 3. The summed E-state index contributed by atoms with van der Waals surface area (Å²) >= 11 is 0. The van der Waals surface area contributed by atoms with Gasteiger partial charge >= 0.3 is 0 Å². The van der Waals surface area contributed by atoms with Gasteiger partial charge < -0.3 is 14.7 Å². The Hall–Kier alpha value is -0.160. The van der Waals surface area contributed by atoms with Crippen LogP contribution < -0.4 is 0 Å². The van der Waals surface area contributed by atoms with Crippen molar-refractivity contribution in [3.05, 3.63) is 0 Å². The number of hydrogen-bond donors (Lipinski definition) is 1. The molecule has 0 bridgehead atoms. The lowest BCUT2D eigenvalue weighted by Gasteiger charge is -2.36. The van der Waals surface area contributed by atoms with Crippen LogP contribution in [0.1, 0.15) is 12.8 Å². The summed E-state index contributed by atoms with van der Waals surface area (Å²) in [6.45, 7) is 6.78. The summed E-state index contributed by atoms with van der Waals surface area (Å²) < 4.78 is 5.80. The lowest BCUT2D eigenvalue weighted by molar-refractivity contribution is -0.0479. The predicted octanol–water partition coefficient (Wildman–Crippen LogP) is 0.0213. The Morgan fingerprint density at radius 3 is 2.50 bits per heavy atom. The molecule has 0 unspecified atom stereocenters. The third-order valence-corrected chi connectivity index (χ3v) is 3.78. The number of aliphatic hydroxyl groups excluding tert-OH is 1. The van der Waals surface area contributed by atoms with E-state index in [2.05, 4.69) is 16.8 Å². The van der Waals surface area contributed by atoms with E-state index in [-0.39, 0.29) is 6.61 Å². The first kappa shape index (κ1) is 12.3. The predicted molar refractivity (Wildman–Crippen MR) is 63.5 cm³/mol. The second-order valence-electron chi connectivity index (χ2n) is 5.19. The second-order valence-corrected chi connectivity index (χ2v) is 5.19. The number of hydrogen-bond acceptors (Lipinski definition) is 4. The van der Waals surface area contributed by atoms with Crippen LogP contribution in [-0.4, -0.2) is 74.0 Å². The minimum absolute atomic E-state index is 0.279. The molecule has 1 N–H and O–H groups in total. The van der Waals surface area contributed by atoms with Crippen LogP contribution in [0.2, 0.25) is 0 Å². The molecule has 2 rings (SSSR count). The highest BCUT2D eigenvalue weighted by Gasteiger charge is 2.24. The van der Waals surface area contributed by atoms with Crippen molar-refractivity contribution in [1.29, 1.82) is 0 Å². The van der Waals surface area contributed by atoms with Crippen LogP contribution in [0.5, 0.6) is 0 Å². The van der Waals surface area contributed by atoms with E-state index < -0.39 is 0 Å². The normalized spacial score (nSPS) is 34.1. The number of nitrogens with zero attached hydrogens (tertiary/aromatic N) is 2. The van der Waals surface area contributed by atoms with E-state index in [1.807, 2.05) is 0 Å². The summed E-state index contributed by atoms with van der Waals surface area (Å²) in [5.74, 6) is 0.378. The molecule has 0 saturated carbocycles. The molecule has 0 aliphatic carbocycles. The molecule has 16 heavy (non-hydrogen) atoms.